The number of aryl methyl sites for hydroxylation is 1. The zero-order valence-corrected chi connectivity index (χ0v) is 37.8. The summed E-state index contributed by atoms with van der Waals surface area (Å²) >= 11 is 0. The van der Waals surface area contributed by atoms with E-state index >= 15 is 0 Å². The molecule has 0 saturated heterocycles. The van der Waals surface area contributed by atoms with Crippen molar-refractivity contribution in [2.75, 3.05) is 0 Å². The van der Waals surface area contributed by atoms with Crippen LogP contribution in [0.1, 0.15) is 64.5 Å². The normalized spacial score (nSPS) is 12.4. The van der Waals surface area contributed by atoms with Crippen molar-refractivity contribution in [2.24, 2.45) is 0 Å². The van der Waals surface area contributed by atoms with Crippen LogP contribution in [0.4, 0.5) is 0 Å². The smallest absolute Gasteiger partial charge is 0.135 e. The summed E-state index contributed by atoms with van der Waals surface area (Å²) in [5, 5.41) is 2.30. The molecule has 0 amide bonds. The lowest BCUT2D eigenvalue weighted by molar-refractivity contribution is 0.654. The van der Waals surface area contributed by atoms with Crippen LogP contribution in [-0.4, -0.2) is 0 Å². The molecule has 11 aromatic rings. The van der Waals surface area contributed by atoms with Gasteiger partial charge in [-0.15, -0.1) is 0 Å². The number of furan rings is 1. The van der Waals surface area contributed by atoms with Gasteiger partial charge in [-0.2, -0.15) is 0 Å². The fraction of sp³-hybridized carbons (Fsp3) is 0.0909. The first kappa shape index (κ1) is 41.7. The minimum atomic E-state index is 0.158. The highest BCUT2D eigenvalue weighted by atomic mass is 16.3. The minimum absolute atomic E-state index is 0.158. The third-order valence-electron chi connectivity index (χ3n) is 13.9. The molecule has 0 fully saturated rings. The summed E-state index contributed by atoms with van der Waals surface area (Å²) in [5.74, 6) is 0.661. The summed E-state index contributed by atoms with van der Waals surface area (Å²) in [6.45, 7) is 2.37. The van der Waals surface area contributed by atoms with E-state index in [9.17, 15) is 0 Å². The summed E-state index contributed by atoms with van der Waals surface area (Å²) < 4.78 is 6.38. The van der Waals surface area contributed by atoms with Gasteiger partial charge in [0.1, 0.15) is 11.2 Å². The molecule has 1 aromatic heterocycles. The lowest BCUT2D eigenvalue weighted by atomic mass is 9.77. The Morgan fingerprint density at radius 3 is 1.19 bits per heavy atom. The predicted molar refractivity (Wildman–Crippen MR) is 282 cm³/mol. The monoisotopic (exact) mass is 860 g/mol. The molecule has 0 aliphatic carbocycles. The lowest BCUT2D eigenvalue weighted by Crippen LogP contribution is -2.10. The minimum Gasteiger partial charge on any atom is -0.456 e. The van der Waals surface area contributed by atoms with Gasteiger partial charge in [-0.05, 0) is 121 Å². The zero-order chi connectivity index (χ0) is 44.9. The van der Waals surface area contributed by atoms with Crippen molar-refractivity contribution in [1.29, 1.82) is 0 Å². The molecular weight excluding hydrogens is 809 g/mol. The van der Waals surface area contributed by atoms with Crippen LogP contribution in [0.15, 0.2) is 259 Å². The molecule has 0 aliphatic heterocycles. The van der Waals surface area contributed by atoms with Gasteiger partial charge >= 0.3 is 0 Å². The number of benzene rings is 10. The van der Waals surface area contributed by atoms with E-state index in [-0.39, 0.29) is 17.8 Å². The van der Waals surface area contributed by atoms with Crippen LogP contribution >= 0.6 is 0 Å². The molecule has 0 saturated carbocycles. The Labute approximate surface area is 394 Å². The van der Waals surface area contributed by atoms with Gasteiger partial charge in [-0.3, -0.25) is 0 Å². The SMILES string of the molecule is CC(c1ccc(-c2ccc(CCC(c3ccc(-c4ccccc4)cc3)c3ccc(-c4ccccc4)cc3)cc2)cc1)C(c1ccccc1)c1ccc2oc3ccc(-c4ccccc4)cc3c2c1. The maximum Gasteiger partial charge on any atom is 0.135 e. The van der Waals surface area contributed by atoms with Crippen molar-refractivity contribution in [3.63, 3.8) is 0 Å². The maximum atomic E-state index is 6.38. The molecular formula is C66H52O. The Morgan fingerprint density at radius 1 is 0.313 bits per heavy atom. The molecule has 11 rings (SSSR count). The fourth-order valence-corrected chi connectivity index (χ4v) is 10.2. The third kappa shape index (κ3) is 8.89. The molecule has 0 radical (unpaired) electrons. The van der Waals surface area contributed by atoms with Crippen LogP contribution in [0.2, 0.25) is 0 Å². The van der Waals surface area contributed by atoms with Crippen LogP contribution in [0.25, 0.3) is 66.4 Å². The fourth-order valence-electron chi connectivity index (χ4n) is 10.2. The number of hydrogen-bond acceptors (Lipinski definition) is 1. The van der Waals surface area contributed by atoms with Crippen LogP contribution in [0.3, 0.4) is 0 Å². The van der Waals surface area contributed by atoms with E-state index in [2.05, 4.69) is 262 Å². The van der Waals surface area contributed by atoms with E-state index in [1.54, 1.807) is 0 Å². The van der Waals surface area contributed by atoms with E-state index in [4.69, 9.17) is 4.42 Å². The van der Waals surface area contributed by atoms with Gasteiger partial charge in [-0.1, -0.05) is 237 Å². The third-order valence-corrected chi connectivity index (χ3v) is 13.9. The molecule has 1 heterocycles. The lowest BCUT2D eigenvalue weighted by Gasteiger charge is -2.26. The molecule has 0 N–H and O–H groups in total. The molecule has 2 unspecified atom stereocenters. The quantitative estimate of drug-likeness (QED) is 0.113. The summed E-state index contributed by atoms with van der Waals surface area (Å²) in [6, 6.07) is 93.1. The first-order valence-corrected chi connectivity index (χ1v) is 23.7. The highest BCUT2D eigenvalue weighted by Crippen LogP contribution is 2.42. The van der Waals surface area contributed by atoms with Gasteiger partial charge in [0.05, 0.1) is 0 Å². The molecule has 1 nitrogen and oxygen atoms in total. The standard InChI is InChI=1S/C66H52O/c1-46(66(58-20-12-5-13-21-58)60-40-43-65-63(45-60)62-44-59(39-42-64(62)67-65)51-18-10-4-11-19-51)48-27-29-55(30-28-48)52-25-22-47(23-26-52)24-41-61(56-35-31-53(32-36-56)49-14-6-2-7-15-49)57-37-33-54(34-38-57)50-16-8-3-9-17-50/h2-23,25-40,42-46,61,66H,24,41H2,1H3. The van der Waals surface area contributed by atoms with E-state index in [0.29, 0.717) is 0 Å². The largest absolute Gasteiger partial charge is 0.456 e. The van der Waals surface area contributed by atoms with Crippen LogP contribution in [0, 0.1) is 0 Å². The average molecular weight is 861 g/mol. The average Bonchev–Trinajstić information content (AvgIpc) is 3.78. The summed E-state index contributed by atoms with van der Waals surface area (Å²) in [7, 11) is 0. The Bertz CT molecular complexity index is 3270. The Balaban J connectivity index is 0.828. The molecule has 0 spiro atoms. The summed E-state index contributed by atoms with van der Waals surface area (Å²) in [5.41, 5.74) is 19.6. The van der Waals surface area contributed by atoms with Gasteiger partial charge < -0.3 is 4.42 Å². The Kier molecular flexibility index (Phi) is 11.7. The van der Waals surface area contributed by atoms with E-state index < -0.39 is 0 Å². The number of fused-ring (bicyclic) bond motifs is 3. The Hall–Kier alpha value is -8.00. The van der Waals surface area contributed by atoms with Gasteiger partial charge in [0.25, 0.3) is 0 Å². The van der Waals surface area contributed by atoms with Gasteiger partial charge in [-0.25, -0.2) is 0 Å². The first-order valence-electron chi connectivity index (χ1n) is 23.7. The molecule has 1 heteroatoms. The predicted octanol–water partition coefficient (Wildman–Crippen LogP) is 18.0. The van der Waals surface area contributed by atoms with Crippen molar-refractivity contribution in [2.45, 2.75) is 37.5 Å². The molecule has 322 valence electrons. The second-order valence-electron chi connectivity index (χ2n) is 18.0. The van der Waals surface area contributed by atoms with Gasteiger partial charge in [0.2, 0.25) is 0 Å². The van der Waals surface area contributed by atoms with Gasteiger partial charge in [0, 0.05) is 22.6 Å². The maximum absolute atomic E-state index is 6.38. The van der Waals surface area contributed by atoms with E-state index in [0.717, 1.165) is 34.8 Å². The number of rotatable bonds is 13. The van der Waals surface area contributed by atoms with Crippen LogP contribution in [0.5, 0.6) is 0 Å². The molecule has 0 bridgehead atoms. The van der Waals surface area contributed by atoms with E-state index in [1.807, 2.05) is 0 Å². The molecule has 2 atom stereocenters. The second kappa shape index (κ2) is 18.8. The second-order valence-corrected chi connectivity index (χ2v) is 18.0. The molecule has 0 aliphatic rings. The Morgan fingerprint density at radius 2 is 0.687 bits per heavy atom. The topological polar surface area (TPSA) is 13.1 Å². The van der Waals surface area contributed by atoms with Crippen LogP contribution in [-0.2, 0) is 6.42 Å². The first-order chi connectivity index (χ1) is 33.1. The molecule has 10 aromatic carbocycles. The van der Waals surface area contributed by atoms with Crippen molar-refractivity contribution >= 4 is 21.9 Å². The van der Waals surface area contributed by atoms with Gasteiger partial charge in [0.15, 0.2) is 0 Å². The molecule has 67 heavy (non-hydrogen) atoms. The van der Waals surface area contributed by atoms with E-state index in [1.165, 1.54) is 77.9 Å². The zero-order valence-electron chi connectivity index (χ0n) is 37.8. The summed E-state index contributed by atoms with van der Waals surface area (Å²) in [4.78, 5) is 0. The number of hydrogen-bond donors (Lipinski definition) is 0. The van der Waals surface area contributed by atoms with Crippen molar-refractivity contribution in [3.8, 4) is 44.5 Å². The highest BCUT2D eigenvalue weighted by molar-refractivity contribution is 6.06. The summed E-state index contributed by atoms with van der Waals surface area (Å²) in [6.07, 6.45) is 2.00. The van der Waals surface area contributed by atoms with Crippen molar-refractivity contribution in [3.05, 3.63) is 288 Å². The van der Waals surface area contributed by atoms with Crippen molar-refractivity contribution < 1.29 is 4.42 Å². The van der Waals surface area contributed by atoms with Crippen LogP contribution < -0.4 is 0 Å². The highest BCUT2D eigenvalue weighted by Gasteiger charge is 2.24. The van der Waals surface area contributed by atoms with Crippen molar-refractivity contribution in [1.82, 2.24) is 0 Å².